The van der Waals surface area contributed by atoms with Crippen LogP contribution in [0.25, 0.3) is 0 Å². The van der Waals surface area contributed by atoms with Gasteiger partial charge in [-0.25, -0.2) is 8.42 Å². The van der Waals surface area contributed by atoms with Gasteiger partial charge < -0.3 is 15.9 Å². The minimum absolute atomic E-state index is 0. The van der Waals surface area contributed by atoms with Gasteiger partial charge in [0.2, 0.25) is 0 Å². The van der Waals surface area contributed by atoms with Gasteiger partial charge >= 0.3 is 0 Å². The molecule has 0 spiro atoms. The number of aryl methyl sites for hydroxylation is 1. The first-order valence-electron chi connectivity index (χ1n) is 9.81. The van der Waals surface area contributed by atoms with E-state index < -0.39 is 16.1 Å². The standard InChI is InChI=1S/C21H29N5O4S.ClH/c1-14-12-19(30-4)15(2)16(3)21(14)31(28,29)26-13-25-24-11-7-8-17(22)20(27)18-9-5-6-10-23-18;/h5-6,9-10,12-13,17,24H,7-8,11,22H2,1-4H3,(H,25,26);1H. The number of carbonyl (C=O) groups is 1. The van der Waals surface area contributed by atoms with Crippen molar-refractivity contribution in [2.75, 3.05) is 13.7 Å². The van der Waals surface area contributed by atoms with Gasteiger partial charge in [-0.2, -0.15) is 5.10 Å². The lowest BCUT2D eigenvalue weighted by atomic mass is 10.1. The lowest BCUT2D eigenvalue weighted by molar-refractivity contribution is 0.0951. The van der Waals surface area contributed by atoms with E-state index in [0.29, 0.717) is 42.0 Å². The summed E-state index contributed by atoms with van der Waals surface area (Å²) in [7, 11) is -2.23. The molecule has 1 unspecified atom stereocenters. The zero-order chi connectivity index (χ0) is 23.0. The maximum absolute atomic E-state index is 12.7. The fourth-order valence-electron chi connectivity index (χ4n) is 3.14. The summed E-state index contributed by atoms with van der Waals surface area (Å²) in [5.41, 5.74) is 11.0. The van der Waals surface area contributed by atoms with Crippen LogP contribution in [0, 0.1) is 20.8 Å². The first-order chi connectivity index (χ1) is 14.7. The Morgan fingerprint density at radius 2 is 2.00 bits per heavy atom. The second kappa shape index (κ2) is 12.4. The van der Waals surface area contributed by atoms with Crippen LogP contribution in [-0.4, -0.2) is 45.2 Å². The van der Waals surface area contributed by atoms with E-state index in [0.717, 1.165) is 11.9 Å². The van der Waals surface area contributed by atoms with Crippen LogP contribution < -0.4 is 20.6 Å². The molecule has 1 aromatic carbocycles. The molecule has 0 saturated carbocycles. The number of methoxy groups -OCH3 is 1. The first kappa shape index (κ1) is 27.3. The minimum Gasteiger partial charge on any atom is -0.496 e. The number of nitrogens with one attached hydrogen (secondary N) is 2. The number of halogens is 1. The fourth-order valence-corrected chi connectivity index (χ4v) is 4.49. The summed E-state index contributed by atoms with van der Waals surface area (Å²) in [4.78, 5) is 16.4. The number of ether oxygens (including phenoxy) is 1. The first-order valence-corrected chi connectivity index (χ1v) is 11.3. The van der Waals surface area contributed by atoms with Crippen LogP contribution in [-0.2, 0) is 10.0 Å². The molecular weight excluding hydrogens is 454 g/mol. The summed E-state index contributed by atoms with van der Waals surface area (Å²) in [5, 5.41) is 3.87. The average Bonchev–Trinajstić information content (AvgIpc) is 2.75. The van der Waals surface area contributed by atoms with Crippen molar-refractivity contribution >= 4 is 34.6 Å². The third-order valence-electron chi connectivity index (χ3n) is 4.89. The number of pyridine rings is 1. The highest BCUT2D eigenvalue weighted by atomic mass is 35.5. The highest BCUT2D eigenvalue weighted by Crippen LogP contribution is 2.30. The molecule has 9 nitrogen and oxygen atoms in total. The number of ketones is 1. The molecule has 0 fully saturated rings. The Morgan fingerprint density at radius 3 is 2.62 bits per heavy atom. The average molecular weight is 484 g/mol. The van der Waals surface area contributed by atoms with Crippen molar-refractivity contribution < 1.29 is 17.9 Å². The molecule has 0 aliphatic heterocycles. The number of rotatable bonds is 11. The normalized spacial score (nSPS) is 12.2. The lowest BCUT2D eigenvalue weighted by Crippen LogP contribution is -2.32. The third kappa shape index (κ3) is 6.91. The molecule has 0 aliphatic rings. The van der Waals surface area contributed by atoms with Crippen LogP contribution in [0.15, 0.2) is 40.5 Å². The number of sulfonamides is 1. The predicted molar refractivity (Wildman–Crippen MR) is 127 cm³/mol. The topological polar surface area (TPSA) is 136 Å². The second-order valence-corrected chi connectivity index (χ2v) is 8.74. The monoisotopic (exact) mass is 483 g/mol. The van der Waals surface area contributed by atoms with Crippen LogP contribution in [0.1, 0.15) is 40.0 Å². The molecule has 0 radical (unpaired) electrons. The Balaban J connectivity index is 0.00000512. The number of hydrogen-bond acceptors (Lipinski definition) is 8. The number of benzene rings is 1. The Morgan fingerprint density at radius 1 is 1.28 bits per heavy atom. The van der Waals surface area contributed by atoms with Gasteiger partial charge in [0.1, 0.15) is 17.8 Å². The zero-order valence-electron chi connectivity index (χ0n) is 18.6. The molecular formula is C21H30ClN5O4S. The predicted octanol–water partition coefficient (Wildman–Crippen LogP) is 2.24. The van der Waals surface area contributed by atoms with Crippen LogP contribution >= 0.6 is 12.4 Å². The molecule has 1 aromatic heterocycles. The summed E-state index contributed by atoms with van der Waals surface area (Å²) in [6, 6.07) is 6.15. The number of nitrogens with two attached hydrogens (primary N) is 1. The second-order valence-electron chi connectivity index (χ2n) is 7.09. The molecule has 2 aromatic rings. The number of hydrogen-bond donors (Lipinski definition) is 3. The molecule has 1 heterocycles. The maximum atomic E-state index is 12.7. The number of carbonyl (C=O) groups excluding carboxylic acids is 1. The molecule has 176 valence electrons. The zero-order valence-corrected chi connectivity index (χ0v) is 20.2. The van der Waals surface area contributed by atoms with E-state index in [1.54, 1.807) is 51.4 Å². The van der Waals surface area contributed by atoms with E-state index in [1.807, 2.05) is 6.92 Å². The smallest absolute Gasteiger partial charge is 0.263 e. The van der Waals surface area contributed by atoms with Crippen molar-refractivity contribution in [2.45, 2.75) is 44.6 Å². The summed E-state index contributed by atoms with van der Waals surface area (Å²) < 4.78 is 33.0. The van der Waals surface area contributed by atoms with Gasteiger partial charge in [0.15, 0.2) is 5.78 Å². The number of nitrogens with zero attached hydrogens (tertiary/aromatic N) is 2. The van der Waals surface area contributed by atoms with Crippen molar-refractivity contribution in [2.24, 2.45) is 10.8 Å². The van der Waals surface area contributed by atoms with E-state index in [9.17, 15) is 13.2 Å². The van der Waals surface area contributed by atoms with Crippen LogP contribution in [0.4, 0.5) is 0 Å². The van der Waals surface area contributed by atoms with E-state index in [2.05, 4.69) is 20.2 Å². The van der Waals surface area contributed by atoms with Crippen LogP contribution in [0.2, 0.25) is 0 Å². The molecule has 1 atom stereocenters. The van der Waals surface area contributed by atoms with Crippen molar-refractivity contribution in [3.63, 3.8) is 0 Å². The SMILES string of the molecule is COc1cc(C)c(S(=O)(=O)NC=NNCCCC(N)C(=O)c2ccccn2)c(C)c1C.Cl. The van der Waals surface area contributed by atoms with Crippen molar-refractivity contribution in [3.05, 3.63) is 52.8 Å². The number of Topliss-reactive ketones (excluding diaryl/α,β-unsaturated/α-hetero) is 1. The summed E-state index contributed by atoms with van der Waals surface area (Å²) >= 11 is 0. The Labute approximate surface area is 195 Å². The third-order valence-corrected chi connectivity index (χ3v) is 6.47. The van der Waals surface area contributed by atoms with Gasteiger partial charge in [-0.3, -0.25) is 14.5 Å². The van der Waals surface area contributed by atoms with Gasteiger partial charge in [0, 0.05) is 12.7 Å². The van der Waals surface area contributed by atoms with Crippen LogP contribution in [0.5, 0.6) is 5.75 Å². The molecule has 2 rings (SSSR count). The maximum Gasteiger partial charge on any atom is 0.263 e. The quantitative estimate of drug-likeness (QED) is 0.146. The highest BCUT2D eigenvalue weighted by Gasteiger charge is 2.22. The van der Waals surface area contributed by atoms with Gasteiger partial charge in [-0.1, -0.05) is 6.07 Å². The molecule has 0 amide bonds. The van der Waals surface area contributed by atoms with Gasteiger partial charge in [0.25, 0.3) is 10.0 Å². The Kier molecular flexibility index (Phi) is 10.6. The van der Waals surface area contributed by atoms with Crippen LogP contribution in [0.3, 0.4) is 0 Å². The number of hydrazone groups is 1. The van der Waals surface area contributed by atoms with Gasteiger partial charge in [-0.05, 0) is 68.5 Å². The lowest BCUT2D eigenvalue weighted by Gasteiger charge is -2.15. The minimum atomic E-state index is -3.78. The van der Waals surface area contributed by atoms with E-state index in [-0.39, 0.29) is 23.1 Å². The fraction of sp³-hybridized carbons (Fsp3) is 0.381. The largest absolute Gasteiger partial charge is 0.496 e. The molecule has 0 saturated heterocycles. The summed E-state index contributed by atoms with van der Waals surface area (Å²) in [6.45, 7) is 5.70. The van der Waals surface area contributed by atoms with Crippen molar-refractivity contribution in [3.8, 4) is 5.75 Å². The molecule has 4 N–H and O–H groups in total. The molecule has 32 heavy (non-hydrogen) atoms. The summed E-state index contributed by atoms with van der Waals surface area (Å²) in [6.07, 6.45) is 3.67. The van der Waals surface area contributed by atoms with Crippen molar-refractivity contribution in [1.82, 2.24) is 15.1 Å². The highest BCUT2D eigenvalue weighted by molar-refractivity contribution is 7.90. The number of aromatic nitrogens is 1. The van der Waals surface area contributed by atoms with Gasteiger partial charge in [0.05, 0.1) is 18.0 Å². The summed E-state index contributed by atoms with van der Waals surface area (Å²) in [5.74, 6) is 0.432. The van der Waals surface area contributed by atoms with Gasteiger partial charge in [-0.15, -0.1) is 12.4 Å². The Hall–Kier alpha value is -2.69. The molecule has 11 heteroatoms. The van der Waals surface area contributed by atoms with Crippen molar-refractivity contribution in [1.29, 1.82) is 0 Å². The molecule has 0 aliphatic carbocycles. The van der Waals surface area contributed by atoms with E-state index in [1.165, 1.54) is 0 Å². The van der Waals surface area contributed by atoms with E-state index >= 15 is 0 Å². The van der Waals surface area contributed by atoms with E-state index in [4.69, 9.17) is 10.5 Å². The molecule has 0 bridgehead atoms. The Bertz CT molecular complexity index is 1050.